The normalized spacial score (nSPS) is 13.6. The van der Waals surface area contributed by atoms with Crippen LogP contribution in [0.25, 0.3) is 22.4 Å². The number of rotatable bonds is 5. The number of carbonyl (C=O) groups is 2. The lowest BCUT2D eigenvalue weighted by molar-refractivity contribution is 0.0696. The van der Waals surface area contributed by atoms with Crippen LogP contribution in [-0.2, 0) is 0 Å². The number of anilines is 1. The van der Waals surface area contributed by atoms with Crippen molar-refractivity contribution in [2.45, 2.75) is 31.7 Å². The van der Waals surface area contributed by atoms with E-state index in [1.165, 1.54) is 0 Å². The number of nitriles is 1. The fraction of sp³-hybridized carbons (Fsp3) is 0.185. The number of carboxylic acid groups (broad SMARTS) is 1. The van der Waals surface area contributed by atoms with E-state index in [1.54, 1.807) is 48.5 Å². The van der Waals surface area contributed by atoms with Gasteiger partial charge in [-0.3, -0.25) is 4.79 Å². The summed E-state index contributed by atoms with van der Waals surface area (Å²) < 4.78 is 2.20. The van der Waals surface area contributed by atoms with E-state index in [2.05, 4.69) is 16.0 Å². The molecule has 34 heavy (non-hydrogen) atoms. The maximum absolute atomic E-state index is 12.9. The Morgan fingerprint density at radius 2 is 1.79 bits per heavy atom. The highest BCUT2D eigenvalue weighted by Gasteiger charge is 2.24. The fourth-order valence-corrected chi connectivity index (χ4v) is 4.64. The molecule has 0 saturated heterocycles. The molecule has 168 valence electrons. The van der Waals surface area contributed by atoms with Crippen molar-refractivity contribution in [2.75, 3.05) is 5.32 Å². The van der Waals surface area contributed by atoms with Gasteiger partial charge >= 0.3 is 5.97 Å². The van der Waals surface area contributed by atoms with Gasteiger partial charge in [0.25, 0.3) is 5.91 Å². The number of carboxylic acids is 1. The molecule has 1 aliphatic rings. The molecule has 1 heterocycles. The molecule has 3 aromatic carbocycles. The molecule has 1 aliphatic carbocycles. The van der Waals surface area contributed by atoms with Gasteiger partial charge in [-0.2, -0.15) is 5.26 Å². The summed E-state index contributed by atoms with van der Waals surface area (Å²) in [5.74, 6) is -0.544. The number of carbonyl (C=O) groups excluding carboxylic acids is 1. The number of aromatic nitrogens is 2. The summed E-state index contributed by atoms with van der Waals surface area (Å²) in [4.78, 5) is 29.2. The van der Waals surface area contributed by atoms with Crippen molar-refractivity contribution in [3.63, 3.8) is 0 Å². The predicted molar refractivity (Wildman–Crippen MR) is 129 cm³/mol. The third-order valence-electron chi connectivity index (χ3n) is 6.26. The fourth-order valence-electron chi connectivity index (χ4n) is 4.64. The number of amides is 1. The van der Waals surface area contributed by atoms with Crippen molar-refractivity contribution in [3.05, 3.63) is 83.4 Å². The summed E-state index contributed by atoms with van der Waals surface area (Å²) in [6.07, 6.45) is 4.35. The van der Waals surface area contributed by atoms with Crippen LogP contribution in [0, 0.1) is 11.3 Å². The van der Waals surface area contributed by atoms with Crippen molar-refractivity contribution >= 4 is 28.6 Å². The number of imidazole rings is 1. The highest BCUT2D eigenvalue weighted by Crippen LogP contribution is 2.37. The molecule has 1 saturated carbocycles. The third-order valence-corrected chi connectivity index (χ3v) is 6.26. The second-order valence-corrected chi connectivity index (χ2v) is 8.48. The largest absolute Gasteiger partial charge is 0.478 e. The molecule has 1 fully saturated rings. The summed E-state index contributed by atoms with van der Waals surface area (Å²) >= 11 is 0. The number of nitrogens with zero attached hydrogens (tertiary/aromatic N) is 3. The van der Waals surface area contributed by atoms with Crippen LogP contribution in [0.5, 0.6) is 0 Å². The van der Waals surface area contributed by atoms with E-state index < -0.39 is 5.97 Å². The Morgan fingerprint density at radius 1 is 1.00 bits per heavy atom. The Balaban J connectivity index is 1.55. The Bertz CT molecular complexity index is 1460. The minimum absolute atomic E-state index is 0.197. The summed E-state index contributed by atoms with van der Waals surface area (Å²) in [5, 5.41) is 21.3. The van der Waals surface area contributed by atoms with E-state index in [9.17, 15) is 14.7 Å². The second kappa shape index (κ2) is 8.83. The number of hydrogen-bond acceptors (Lipinski definition) is 4. The number of aromatic carboxylic acids is 1. The summed E-state index contributed by atoms with van der Waals surface area (Å²) in [5.41, 5.74) is 4.00. The predicted octanol–water partition coefficient (Wildman–Crippen LogP) is 5.64. The van der Waals surface area contributed by atoms with Gasteiger partial charge in [0.05, 0.1) is 28.2 Å². The van der Waals surface area contributed by atoms with E-state index in [4.69, 9.17) is 10.2 Å². The lowest BCUT2D eigenvalue weighted by Gasteiger charge is -2.17. The molecule has 1 amide bonds. The van der Waals surface area contributed by atoms with Gasteiger partial charge in [-0.1, -0.05) is 31.0 Å². The van der Waals surface area contributed by atoms with Crippen LogP contribution in [0.4, 0.5) is 5.69 Å². The van der Waals surface area contributed by atoms with Gasteiger partial charge in [0, 0.05) is 22.9 Å². The van der Waals surface area contributed by atoms with Crippen molar-refractivity contribution in [3.8, 4) is 17.5 Å². The van der Waals surface area contributed by atoms with Gasteiger partial charge in [-0.05, 0) is 61.4 Å². The molecule has 0 bridgehead atoms. The van der Waals surface area contributed by atoms with Gasteiger partial charge in [0.1, 0.15) is 5.82 Å². The van der Waals surface area contributed by atoms with E-state index in [1.807, 2.05) is 18.2 Å². The standard InChI is InChI=1S/C27H22N4O3/c28-16-17-5-3-8-21(13-17)29-26(32)19-7-4-6-18(14-19)25-30-23-15-20(27(33)34)11-12-24(23)31(25)22-9-1-2-10-22/h3-8,11-15,22H,1-2,9-10H2,(H,29,32)(H,33,34). The number of benzene rings is 3. The van der Waals surface area contributed by atoms with E-state index in [-0.39, 0.29) is 17.5 Å². The molecule has 5 rings (SSSR count). The molecule has 4 aromatic rings. The smallest absolute Gasteiger partial charge is 0.335 e. The zero-order valence-corrected chi connectivity index (χ0v) is 18.4. The summed E-state index contributed by atoms with van der Waals surface area (Å²) in [6.45, 7) is 0. The number of hydrogen-bond donors (Lipinski definition) is 2. The van der Waals surface area contributed by atoms with Crippen LogP contribution in [0.1, 0.15) is 58.0 Å². The van der Waals surface area contributed by atoms with E-state index in [0.717, 1.165) is 42.6 Å². The van der Waals surface area contributed by atoms with Crippen LogP contribution >= 0.6 is 0 Å². The Hall–Kier alpha value is -4.44. The van der Waals surface area contributed by atoms with Crippen molar-refractivity contribution in [1.82, 2.24) is 9.55 Å². The topological polar surface area (TPSA) is 108 Å². The summed E-state index contributed by atoms with van der Waals surface area (Å²) in [6, 6.07) is 21.4. The monoisotopic (exact) mass is 450 g/mol. The van der Waals surface area contributed by atoms with Crippen molar-refractivity contribution in [2.24, 2.45) is 0 Å². The van der Waals surface area contributed by atoms with Gasteiger partial charge < -0.3 is 15.0 Å². The third kappa shape index (κ3) is 4.02. The van der Waals surface area contributed by atoms with Gasteiger partial charge in [0.15, 0.2) is 0 Å². The first-order valence-corrected chi connectivity index (χ1v) is 11.2. The zero-order chi connectivity index (χ0) is 23.7. The Morgan fingerprint density at radius 3 is 2.56 bits per heavy atom. The van der Waals surface area contributed by atoms with Gasteiger partial charge in [-0.25, -0.2) is 9.78 Å². The number of nitrogens with one attached hydrogen (secondary N) is 1. The zero-order valence-electron chi connectivity index (χ0n) is 18.4. The summed E-state index contributed by atoms with van der Waals surface area (Å²) in [7, 11) is 0. The van der Waals surface area contributed by atoms with Crippen LogP contribution in [0.3, 0.4) is 0 Å². The van der Waals surface area contributed by atoms with Crippen molar-refractivity contribution < 1.29 is 14.7 Å². The van der Waals surface area contributed by atoms with Gasteiger partial charge in [0.2, 0.25) is 0 Å². The molecular formula is C27H22N4O3. The average Bonchev–Trinajstić information content (AvgIpc) is 3.51. The molecule has 1 aromatic heterocycles. The maximum Gasteiger partial charge on any atom is 0.335 e. The minimum atomic E-state index is -0.988. The van der Waals surface area contributed by atoms with E-state index in [0.29, 0.717) is 22.3 Å². The molecule has 2 N–H and O–H groups in total. The maximum atomic E-state index is 12.9. The molecule has 7 heteroatoms. The molecular weight excluding hydrogens is 428 g/mol. The average molecular weight is 450 g/mol. The second-order valence-electron chi connectivity index (χ2n) is 8.48. The first kappa shape index (κ1) is 21.4. The highest BCUT2D eigenvalue weighted by molar-refractivity contribution is 6.05. The van der Waals surface area contributed by atoms with Crippen LogP contribution in [0.2, 0.25) is 0 Å². The number of fused-ring (bicyclic) bond motifs is 1. The highest BCUT2D eigenvalue weighted by atomic mass is 16.4. The SMILES string of the molecule is N#Cc1cccc(NC(=O)c2cccc(-c3nc4cc(C(=O)O)ccc4n3C3CCCC3)c2)c1. The molecule has 0 spiro atoms. The first-order valence-electron chi connectivity index (χ1n) is 11.2. The van der Waals surface area contributed by atoms with Gasteiger partial charge in [-0.15, -0.1) is 0 Å². The van der Waals surface area contributed by atoms with Crippen molar-refractivity contribution in [1.29, 1.82) is 5.26 Å². The molecule has 7 nitrogen and oxygen atoms in total. The molecule has 0 radical (unpaired) electrons. The molecule has 0 atom stereocenters. The van der Waals surface area contributed by atoms with E-state index >= 15 is 0 Å². The van der Waals surface area contributed by atoms with Crippen LogP contribution in [-0.4, -0.2) is 26.5 Å². The molecule has 0 unspecified atom stereocenters. The quantitative estimate of drug-likeness (QED) is 0.409. The lowest BCUT2D eigenvalue weighted by Crippen LogP contribution is -2.12. The lowest BCUT2D eigenvalue weighted by atomic mass is 10.1. The van der Waals surface area contributed by atoms with Crippen LogP contribution < -0.4 is 5.32 Å². The Kier molecular flexibility index (Phi) is 5.56. The first-order chi connectivity index (χ1) is 16.5. The Labute approximate surface area is 196 Å². The van der Waals surface area contributed by atoms with Crippen LogP contribution in [0.15, 0.2) is 66.7 Å². The minimum Gasteiger partial charge on any atom is -0.478 e. The molecule has 0 aliphatic heterocycles.